The second-order valence-corrected chi connectivity index (χ2v) is 15.5. The second-order valence-electron chi connectivity index (χ2n) is 11.3. The zero-order chi connectivity index (χ0) is 21.2. The maximum absolute atomic E-state index is 6.96. The van der Waals surface area contributed by atoms with Crippen LogP contribution in [0.25, 0.3) is 16.7 Å². The molecular formula is C29H36OSi. The Hall–Kier alpha value is -1.80. The largest absolute Gasteiger partial charge is 0.544 e. The molecule has 0 atom stereocenters. The molecule has 4 bridgehead atoms. The fourth-order valence-electron chi connectivity index (χ4n) is 7.52. The van der Waals surface area contributed by atoms with Crippen LogP contribution in [0.15, 0.2) is 48.0 Å². The van der Waals surface area contributed by atoms with E-state index in [1.54, 1.807) is 5.57 Å². The fraction of sp³-hybridized carbons (Fsp3) is 0.517. The Morgan fingerprint density at radius 2 is 1.45 bits per heavy atom. The summed E-state index contributed by atoms with van der Waals surface area (Å²) in [7, 11) is -1.75. The van der Waals surface area contributed by atoms with Crippen LogP contribution < -0.4 is 4.43 Å². The van der Waals surface area contributed by atoms with Gasteiger partial charge in [-0.3, -0.25) is 0 Å². The van der Waals surface area contributed by atoms with E-state index in [9.17, 15) is 0 Å². The highest BCUT2D eigenvalue weighted by molar-refractivity contribution is 6.71. The molecule has 0 amide bonds. The van der Waals surface area contributed by atoms with Gasteiger partial charge < -0.3 is 4.43 Å². The van der Waals surface area contributed by atoms with Crippen molar-refractivity contribution in [2.24, 2.45) is 23.7 Å². The normalized spacial score (nSPS) is 28.1. The Bertz CT molecular complexity index is 1020. The first-order chi connectivity index (χ1) is 15.0. The summed E-state index contributed by atoms with van der Waals surface area (Å²) >= 11 is 0. The van der Waals surface area contributed by atoms with Gasteiger partial charge in [0.05, 0.1) is 0 Å². The molecule has 0 aromatic heterocycles. The number of hydrogen-bond acceptors (Lipinski definition) is 1. The lowest BCUT2D eigenvalue weighted by Crippen LogP contribution is -2.40. The minimum atomic E-state index is -1.75. The molecule has 1 nitrogen and oxygen atoms in total. The van der Waals surface area contributed by atoms with Crippen LogP contribution in [0.5, 0.6) is 5.75 Å². The van der Waals surface area contributed by atoms with Gasteiger partial charge in [-0.2, -0.15) is 0 Å². The molecule has 4 saturated carbocycles. The molecule has 31 heavy (non-hydrogen) atoms. The lowest BCUT2D eigenvalue weighted by Gasteiger charge is -2.52. The topological polar surface area (TPSA) is 9.23 Å². The van der Waals surface area contributed by atoms with Gasteiger partial charge in [0.15, 0.2) is 0 Å². The molecule has 5 aliphatic carbocycles. The molecule has 0 N–H and O–H groups in total. The van der Waals surface area contributed by atoms with Gasteiger partial charge in [-0.15, -0.1) is 0 Å². The third-order valence-electron chi connectivity index (χ3n) is 8.59. The Morgan fingerprint density at radius 1 is 0.806 bits per heavy atom. The van der Waals surface area contributed by atoms with Crippen LogP contribution in [0.3, 0.4) is 0 Å². The summed E-state index contributed by atoms with van der Waals surface area (Å²) in [5.74, 6) is 4.77. The molecule has 5 aliphatic rings. The average molecular weight is 429 g/mol. The molecule has 0 heterocycles. The van der Waals surface area contributed by atoms with Gasteiger partial charge in [0.1, 0.15) is 5.75 Å². The van der Waals surface area contributed by atoms with Crippen molar-refractivity contribution in [3.8, 4) is 16.9 Å². The minimum absolute atomic E-state index is 0.809. The van der Waals surface area contributed by atoms with Crippen LogP contribution in [0.1, 0.15) is 63.0 Å². The van der Waals surface area contributed by atoms with Gasteiger partial charge in [0, 0.05) is 5.56 Å². The number of benzene rings is 2. The Morgan fingerprint density at radius 3 is 2.13 bits per heavy atom. The third-order valence-corrected chi connectivity index (χ3v) is 10.9. The standard InChI is InChI=1S/C29H36OSi/c1-4-5-13-31(2,3)30-26-12-8-11-24-23-9-6-7-10-25(23)29(28(24)26)27-21-15-19-14-20(17-21)18-22(27)16-19/h6-12,19-22H,4-5,13-18H2,1-3H3. The van der Waals surface area contributed by atoms with Gasteiger partial charge in [-0.25, -0.2) is 0 Å². The minimum Gasteiger partial charge on any atom is -0.544 e. The molecule has 0 aliphatic heterocycles. The first kappa shape index (κ1) is 19.9. The van der Waals surface area contributed by atoms with Crippen molar-refractivity contribution < 1.29 is 4.43 Å². The molecule has 0 saturated heterocycles. The van der Waals surface area contributed by atoms with Crippen molar-refractivity contribution in [3.05, 3.63) is 59.2 Å². The summed E-state index contributed by atoms with van der Waals surface area (Å²) in [6, 6.07) is 17.2. The Labute approximate surface area is 189 Å². The van der Waals surface area contributed by atoms with Crippen LogP contribution in [-0.2, 0) is 0 Å². The van der Waals surface area contributed by atoms with E-state index < -0.39 is 8.32 Å². The molecule has 0 radical (unpaired) electrons. The van der Waals surface area contributed by atoms with Crippen molar-refractivity contribution in [1.29, 1.82) is 0 Å². The molecule has 2 aromatic rings. The van der Waals surface area contributed by atoms with Gasteiger partial charge in [0.25, 0.3) is 0 Å². The molecule has 4 fully saturated rings. The SMILES string of the molecule is CCCC[Si](C)(C)Oc1cccc2c1C(=C1C3CC4CC(C3)CC1C4)c1ccccc1-2. The monoisotopic (exact) mass is 428 g/mol. The second kappa shape index (κ2) is 7.37. The summed E-state index contributed by atoms with van der Waals surface area (Å²) in [4.78, 5) is 0. The predicted octanol–water partition coefficient (Wildman–Crippen LogP) is 8.31. The summed E-state index contributed by atoms with van der Waals surface area (Å²) < 4.78 is 6.96. The Kier molecular flexibility index (Phi) is 4.72. The molecule has 0 spiro atoms. The summed E-state index contributed by atoms with van der Waals surface area (Å²) in [5, 5.41) is 0. The number of allylic oxidation sites excluding steroid dienone is 1. The van der Waals surface area contributed by atoms with Crippen molar-refractivity contribution >= 4 is 13.9 Å². The first-order valence-corrected chi connectivity index (χ1v) is 15.8. The van der Waals surface area contributed by atoms with E-state index >= 15 is 0 Å². The van der Waals surface area contributed by atoms with Crippen molar-refractivity contribution in [1.82, 2.24) is 0 Å². The van der Waals surface area contributed by atoms with Crippen LogP contribution in [-0.4, -0.2) is 8.32 Å². The van der Waals surface area contributed by atoms with E-state index in [1.807, 2.05) is 5.57 Å². The fourth-order valence-corrected chi connectivity index (χ4v) is 9.59. The van der Waals surface area contributed by atoms with Crippen molar-refractivity contribution in [2.45, 2.75) is 71.0 Å². The van der Waals surface area contributed by atoms with E-state index in [4.69, 9.17) is 4.43 Å². The van der Waals surface area contributed by atoms with Gasteiger partial charge in [-0.05, 0) is 103 Å². The molecular weight excluding hydrogens is 392 g/mol. The lowest BCUT2D eigenvalue weighted by molar-refractivity contribution is 0.0705. The van der Waals surface area contributed by atoms with E-state index in [1.165, 1.54) is 73.2 Å². The molecule has 2 aromatic carbocycles. The highest BCUT2D eigenvalue weighted by Crippen LogP contribution is 2.61. The highest BCUT2D eigenvalue weighted by atomic mass is 28.4. The number of rotatable bonds is 5. The third kappa shape index (κ3) is 3.25. The zero-order valence-electron chi connectivity index (χ0n) is 19.4. The smallest absolute Gasteiger partial charge is 0.245 e. The summed E-state index contributed by atoms with van der Waals surface area (Å²) in [6.45, 7) is 7.09. The van der Waals surface area contributed by atoms with Crippen LogP contribution in [0, 0.1) is 23.7 Å². The van der Waals surface area contributed by atoms with Crippen LogP contribution in [0.4, 0.5) is 0 Å². The zero-order valence-corrected chi connectivity index (χ0v) is 20.4. The van der Waals surface area contributed by atoms with Crippen LogP contribution in [0.2, 0.25) is 19.1 Å². The molecule has 7 rings (SSSR count). The number of unbranched alkanes of at least 4 members (excludes halogenated alkanes) is 1. The van der Waals surface area contributed by atoms with E-state index in [0.29, 0.717) is 0 Å². The van der Waals surface area contributed by atoms with E-state index in [-0.39, 0.29) is 0 Å². The van der Waals surface area contributed by atoms with Crippen LogP contribution >= 0.6 is 0 Å². The van der Waals surface area contributed by atoms with Gasteiger partial charge in [-0.1, -0.05) is 61.7 Å². The molecule has 0 unspecified atom stereocenters. The molecule has 2 heteroatoms. The summed E-state index contributed by atoms with van der Waals surface area (Å²) in [5.41, 5.74) is 9.13. The van der Waals surface area contributed by atoms with Crippen molar-refractivity contribution in [3.63, 3.8) is 0 Å². The Balaban J connectivity index is 1.52. The molecule has 162 valence electrons. The number of hydrogen-bond donors (Lipinski definition) is 0. The number of fused-ring (bicyclic) bond motifs is 3. The van der Waals surface area contributed by atoms with E-state index in [0.717, 1.165) is 29.4 Å². The highest BCUT2D eigenvalue weighted by Gasteiger charge is 2.47. The average Bonchev–Trinajstić information content (AvgIpc) is 3.07. The van der Waals surface area contributed by atoms with Gasteiger partial charge >= 0.3 is 0 Å². The summed E-state index contributed by atoms with van der Waals surface area (Å²) in [6.07, 6.45) is 9.77. The maximum atomic E-state index is 6.96. The first-order valence-electron chi connectivity index (χ1n) is 12.7. The van der Waals surface area contributed by atoms with Gasteiger partial charge in [0.2, 0.25) is 8.32 Å². The van der Waals surface area contributed by atoms with E-state index in [2.05, 4.69) is 62.5 Å². The predicted molar refractivity (Wildman–Crippen MR) is 133 cm³/mol. The quantitative estimate of drug-likeness (QED) is 0.371. The van der Waals surface area contributed by atoms with Crippen molar-refractivity contribution in [2.75, 3.05) is 0 Å². The lowest BCUT2D eigenvalue weighted by atomic mass is 9.53. The maximum Gasteiger partial charge on any atom is 0.245 e.